The molecule has 2 heteroatoms. The SMILES string of the molecule is CC(C)C.CC(C)C(=O)OCC1C2CCC#CCCC21. The molecular formula is C18H30O2. The van der Waals surface area contributed by atoms with Gasteiger partial charge in [0.2, 0.25) is 0 Å². The van der Waals surface area contributed by atoms with Gasteiger partial charge in [0, 0.05) is 12.8 Å². The summed E-state index contributed by atoms with van der Waals surface area (Å²) in [6.45, 7) is 10.9. The lowest BCUT2D eigenvalue weighted by atomic mass is 10.1. The van der Waals surface area contributed by atoms with Gasteiger partial charge in [-0.15, -0.1) is 11.8 Å². The highest BCUT2D eigenvalue weighted by Gasteiger charge is 2.49. The lowest BCUT2D eigenvalue weighted by Gasteiger charge is -2.06. The summed E-state index contributed by atoms with van der Waals surface area (Å²) < 4.78 is 5.32. The maximum absolute atomic E-state index is 11.4. The van der Waals surface area contributed by atoms with Gasteiger partial charge in [0.1, 0.15) is 0 Å². The minimum atomic E-state index is -0.0597. The van der Waals surface area contributed by atoms with Crippen LogP contribution >= 0.6 is 0 Å². The molecule has 2 atom stereocenters. The Morgan fingerprint density at radius 3 is 1.90 bits per heavy atom. The summed E-state index contributed by atoms with van der Waals surface area (Å²) in [6, 6.07) is 0. The summed E-state index contributed by atoms with van der Waals surface area (Å²) in [5.74, 6) is 9.31. The Kier molecular flexibility index (Phi) is 7.13. The van der Waals surface area contributed by atoms with Crippen LogP contribution in [0.5, 0.6) is 0 Å². The summed E-state index contributed by atoms with van der Waals surface area (Å²) in [5, 5.41) is 0. The van der Waals surface area contributed by atoms with Gasteiger partial charge in [-0.3, -0.25) is 4.79 Å². The number of esters is 1. The summed E-state index contributed by atoms with van der Waals surface area (Å²) in [6.07, 6.45) is 4.44. The Hall–Kier alpha value is -0.970. The normalized spacial score (nSPS) is 27.2. The average Bonchev–Trinajstić information content (AvgIpc) is 2.95. The lowest BCUT2D eigenvalue weighted by molar-refractivity contribution is -0.148. The molecule has 0 aromatic carbocycles. The van der Waals surface area contributed by atoms with Crippen molar-refractivity contribution in [2.45, 2.75) is 60.3 Å². The molecule has 2 aliphatic carbocycles. The van der Waals surface area contributed by atoms with Crippen LogP contribution in [-0.2, 0) is 9.53 Å². The van der Waals surface area contributed by atoms with E-state index in [0.29, 0.717) is 12.5 Å². The molecule has 0 heterocycles. The number of hydrogen-bond acceptors (Lipinski definition) is 2. The first kappa shape index (κ1) is 17.1. The highest BCUT2D eigenvalue weighted by atomic mass is 16.5. The average molecular weight is 278 g/mol. The molecule has 2 unspecified atom stereocenters. The molecule has 2 rings (SSSR count). The molecule has 0 aromatic heterocycles. The monoisotopic (exact) mass is 278 g/mol. The third-order valence-corrected chi connectivity index (χ3v) is 3.73. The maximum atomic E-state index is 11.4. The first-order valence-electron chi connectivity index (χ1n) is 8.05. The number of rotatable bonds is 3. The van der Waals surface area contributed by atoms with E-state index in [0.717, 1.165) is 30.6 Å². The molecule has 2 nitrogen and oxygen atoms in total. The smallest absolute Gasteiger partial charge is 0.308 e. The van der Waals surface area contributed by atoms with E-state index in [1.807, 2.05) is 13.8 Å². The highest BCUT2D eigenvalue weighted by molar-refractivity contribution is 5.71. The summed E-state index contributed by atoms with van der Waals surface area (Å²) in [5.41, 5.74) is 0. The van der Waals surface area contributed by atoms with E-state index >= 15 is 0 Å². The fourth-order valence-electron chi connectivity index (χ4n) is 2.63. The highest BCUT2D eigenvalue weighted by Crippen LogP contribution is 2.52. The molecule has 0 spiro atoms. The second-order valence-corrected chi connectivity index (χ2v) is 6.94. The molecule has 0 N–H and O–H groups in total. The fourth-order valence-corrected chi connectivity index (χ4v) is 2.63. The molecule has 1 fully saturated rings. The van der Waals surface area contributed by atoms with Crippen LogP contribution in [-0.4, -0.2) is 12.6 Å². The van der Waals surface area contributed by atoms with Crippen LogP contribution in [0.3, 0.4) is 0 Å². The molecule has 0 amide bonds. The molecule has 0 bridgehead atoms. The standard InChI is InChI=1S/C14H20O2.C4H10/c1-10(2)14(15)16-9-13-11-7-5-3-4-6-8-12(11)13;1-4(2)3/h10-13H,5-9H2,1-2H3;4H,1-3H3. The van der Waals surface area contributed by atoms with Crippen LogP contribution in [0.2, 0.25) is 0 Å². The quantitative estimate of drug-likeness (QED) is 0.568. The van der Waals surface area contributed by atoms with Gasteiger partial charge < -0.3 is 4.74 Å². The molecule has 0 radical (unpaired) electrons. The first-order chi connectivity index (χ1) is 9.43. The Labute approximate surface area is 124 Å². The number of hydrogen-bond donors (Lipinski definition) is 0. The fraction of sp³-hybridized carbons (Fsp3) is 0.833. The Bertz CT molecular complexity index is 339. The van der Waals surface area contributed by atoms with Gasteiger partial charge in [-0.05, 0) is 36.5 Å². The van der Waals surface area contributed by atoms with Crippen molar-refractivity contribution in [3.63, 3.8) is 0 Å². The van der Waals surface area contributed by atoms with Crippen molar-refractivity contribution in [1.29, 1.82) is 0 Å². The third-order valence-electron chi connectivity index (χ3n) is 3.73. The van der Waals surface area contributed by atoms with Crippen molar-refractivity contribution in [3.05, 3.63) is 0 Å². The van der Waals surface area contributed by atoms with E-state index in [4.69, 9.17) is 4.74 Å². The summed E-state index contributed by atoms with van der Waals surface area (Å²) in [4.78, 5) is 11.4. The summed E-state index contributed by atoms with van der Waals surface area (Å²) >= 11 is 0. The maximum Gasteiger partial charge on any atom is 0.308 e. The molecular weight excluding hydrogens is 248 g/mol. The molecule has 0 aromatic rings. The third kappa shape index (κ3) is 5.99. The van der Waals surface area contributed by atoms with Crippen LogP contribution in [0.15, 0.2) is 0 Å². The Morgan fingerprint density at radius 2 is 1.50 bits per heavy atom. The van der Waals surface area contributed by atoms with Gasteiger partial charge in [-0.2, -0.15) is 0 Å². The van der Waals surface area contributed by atoms with E-state index in [-0.39, 0.29) is 11.9 Å². The van der Waals surface area contributed by atoms with Gasteiger partial charge in [-0.25, -0.2) is 0 Å². The van der Waals surface area contributed by atoms with Gasteiger partial charge in [0.15, 0.2) is 0 Å². The van der Waals surface area contributed by atoms with E-state index in [1.165, 1.54) is 12.8 Å². The van der Waals surface area contributed by atoms with Gasteiger partial charge >= 0.3 is 5.97 Å². The largest absolute Gasteiger partial charge is 0.465 e. The van der Waals surface area contributed by atoms with Crippen LogP contribution < -0.4 is 0 Å². The molecule has 2 aliphatic rings. The Morgan fingerprint density at radius 1 is 1.05 bits per heavy atom. The topological polar surface area (TPSA) is 26.3 Å². The van der Waals surface area contributed by atoms with Crippen molar-refractivity contribution in [3.8, 4) is 11.8 Å². The number of ether oxygens (including phenoxy) is 1. The van der Waals surface area contributed by atoms with Crippen molar-refractivity contribution >= 4 is 5.97 Å². The van der Waals surface area contributed by atoms with E-state index in [9.17, 15) is 4.79 Å². The Balaban J connectivity index is 0.000000444. The van der Waals surface area contributed by atoms with Gasteiger partial charge in [0.25, 0.3) is 0 Å². The molecule has 20 heavy (non-hydrogen) atoms. The lowest BCUT2D eigenvalue weighted by Crippen LogP contribution is -2.14. The van der Waals surface area contributed by atoms with Crippen LogP contribution in [0.25, 0.3) is 0 Å². The van der Waals surface area contributed by atoms with Crippen LogP contribution in [0, 0.1) is 41.4 Å². The van der Waals surface area contributed by atoms with Gasteiger partial charge in [0.05, 0.1) is 12.5 Å². The van der Waals surface area contributed by atoms with Crippen molar-refractivity contribution in [2.75, 3.05) is 6.61 Å². The molecule has 114 valence electrons. The van der Waals surface area contributed by atoms with E-state index in [1.54, 1.807) is 0 Å². The number of fused-ring (bicyclic) bond motifs is 1. The van der Waals surface area contributed by atoms with Crippen LogP contribution in [0.4, 0.5) is 0 Å². The minimum Gasteiger partial charge on any atom is -0.465 e. The zero-order chi connectivity index (χ0) is 15.1. The van der Waals surface area contributed by atoms with E-state index in [2.05, 4.69) is 32.6 Å². The van der Waals surface area contributed by atoms with Gasteiger partial charge in [-0.1, -0.05) is 34.6 Å². The van der Waals surface area contributed by atoms with Crippen molar-refractivity contribution in [2.24, 2.45) is 29.6 Å². The molecule has 0 saturated heterocycles. The zero-order valence-corrected chi connectivity index (χ0v) is 13.7. The van der Waals surface area contributed by atoms with E-state index < -0.39 is 0 Å². The second-order valence-electron chi connectivity index (χ2n) is 6.94. The predicted octanol–water partition coefficient (Wildman–Crippen LogP) is 4.29. The zero-order valence-electron chi connectivity index (χ0n) is 13.7. The molecule has 0 aliphatic heterocycles. The molecule has 1 saturated carbocycles. The minimum absolute atomic E-state index is 0.00494. The van der Waals surface area contributed by atoms with Crippen molar-refractivity contribution in [1.82, 2.24) is 0 Å². The second kappa shape index (κ2) is 8.35. The number of carbonyl (C=O) groups excluding carboxylic acids is 1. The van der Waals surface area contributed by atoms with Crippen molar-refractivity contribution < 1.29 is 9.53 Å². The van der Waals surface area contributed by atoms with Crippen LogP contribution in [0.1, 0.15) is 60.3 Å². The first-order valence-corrected chi connectivity index (χ1v) is 8.05. The summed E-state index contributed by atoms with van der Waals surface area (Å²) in [7, 11) is 0. The predicted molar refractivity (Wildman–Crippen MR) is 83.0 cm³/mol. The number of carbonyl (C=O) groups is 1.